The van der Waals surface area contributed by atoms with E-state index in [2.05, 4.69) is 9.97 Å². The molecule has 1 heterocycles. The summed E-state index contributed by atoms with van der Waals surface area (Å²) in [4.78, 5) is 17.8. The lowest BCUT2D eigenvalue weighted by molar-refractivity contribution is -0.137. The number of H-pyrrole nitrogens is 1. The van der Waals surface area contributed by atoms with Gasteiger partial charge in [-0.05, 0) is 30.0 Å². The summed E-state index contributed by atoms with van der Waals surface area (Å²) in [5, 5.41) is 0.154. The second-order valence-electron chi connectivity index (χ2n) is 3.83. The lowest BCUT2D eigenvalue weighted by atomic mass is 10.2. The Morgan fingerprint density at radius 2 is 1.90 bits per heavy atom. The number of halogens is 3. The van der Waals surface area contributed by atoms with Crippen molar-refractivity contribution in [3.63, 3.8) is 0 Å². The minimum absolute atomic E-state index is 0.0155. The maximum atomic E-state index is 12.5. The number of aromatic nitrogens is 2. The van der Waals surface area contributed by atoms with Gasteiger partial charge in [-0.1, -0.05) is 0 Å². The summed E-state index contributed by atoms with van der Waals surface area (Å²) < 4.78 is 37.5. The summed E-state index contributed by atoms with van der Waals surface area (Å²) in [6, 6.07) is 4.04. The molecule has 0 aliphatic rings. The zero-order valence-electron chi connectivity index (χ0n) is 9.86. The van der Waals surface area contributed by atoms with Crippen molar-refractivity contribution >= 4 is 23.3 Å². The summed E-state index contributed by atoms with van der Waals surface area (Å²) in [5.41, 5.74) is 9.63. The Morgan fingerprint density at radius 1 is 1.20 bits per heavy atom. The standard InChI is InChI=1S/C11H9F3N4OS/c12-11(13,14)5-1-2-7(6(15)3-5)20-10-17-8(16)4-9(19)18-10/h1-4H,15H2,(H3,16,17,18,19). The predicted octanol–water partition coefficient (Wildman–Crippen LogP) is 2.10. The molecule has 5 nitrogen and oxygen atoms in total. The van der Waals surface area contributed by atoms with Crippen LogP contribution < -0.4 is 17.0 Å². The number of alkyl halides is 3. The molecule has 1 aromatic carbocycles. The van der Waals surface area contributed by atoms with E-state index in [1.807, 2.05) is 0 Å². The third-order valence-corrected chi connectivity index (χ3v) is 3.26. The number of benzene rings is 1. The van der Waals surface area contributed by atoms with Crippen molar-refractivity contribution in [2.75, 3.05) is 11.5 Å². The molecule has 0 aliphatic heterocycles. The molecule has 0 amide bonds. The molecule has 106 valence electrons. The van der Waals surface area contributed by atoms with E-state index in [9.17, 15) is 18.0 Å². The average molecular weight is 302 g/mol. The van der Waals surface area contributed by atoms with Gasteiger partial charge < -0.3 is 16.5 Å². The first-order valence-corrected chi connectivity index (χ1v) is 6.09. The average Bonchev–Trinajstić information content (AvgIpc) is 2.29. The van der Waals surface area contributed by atoms with Crippen LogP contribution in [0.4, 0.5) is 24.7 Å². The molecule has 1 aromatic heterocycles. The topological polar surface area (TPSA) is 97.8 Å². The summed E-state index contributed by atoms with van der Waals surface area (Å²) in [6.45, 7) is 0. The minimum atomic E-state index is -4.46. The highest BCUT2D eigenvalue weighted by atomic mass is 32.2. The van der Waals surface area contributed by atoms with E-state index in [0.717, 1.165) is 30.0 Å². The molecule has 20 heavy (non-hydrogen) atoms. The molecular formula is C11H9F3N4OS. The number of nitrogens with one attached hydrogen (secondary N) is 1. The second-order valence-corrected chi connectivity index (χ2v) is 4.86. The van der Waals surface area contributed by atoms with E-state index in [1.54, 1.807) is 0 Å². The third-order valence-electron chi connectivity index (χ3n) is 2.28. The van der Waals surface area contributed by atoms with Crippen LogP contribution >= 0.6 is 11.8 Å². The fourth-order valence-corrected chi connectivity index (χ4v) is 2.25. The molecule has 0 bridgehead atoms. The van der Waals surface area contributed by atoms with Gasteiger partial charge in [-0.25, -0.2) is 4.98 Å². The van der Waals surface area contributed by atoms with Crippen LogP contribution in [0.1, 0.15) is 5.56 Å². The van der Waals surface area contributed by atoms with Gasteiger partial charge in [0.15, 0.2) is 5.16 Å². The minimum Gasteiger partial charge on any atom is -0.398 e. The highest BCUT2D eigenvalue weighted by Crippen LogP contribution is 2.35. The first kappa shape index (κ1) is 14.3. The molecule has 5 N–H and O–H groups in total. The van der Waals surface area contributed by atoms with E-state index in [4.69, 9.17) is 11.5 Å². The Kier molecular flexibility index (Phi) is 3.62. The Bertz CT molecular complexity index is 699. The second kappa shape index (κ2) is 5.08. The summed E-state index contributed by atoms with van der Waals surface area (Å²) in [7, 11) is 0. The summed E-state index contributed by atoms with van der Waals surface area (Å²) in [6.07, 6.45) is -4.46. The van der Waals surface area contributed by atoms with E-state index >= 15 is 0 Å². The molecule has 2 rings (SSSR count). The van der Waals surface area contributed by atoms with Gasteiger partial charge in [0.2, 0.25) is 0 Å². The van der Waals surface area contributed by atoms with Gasteiger partial charge in [0.1, 0.15) is 5.82 Å². The number of aromatic amines is 1. The molecule has 0 aliphatic carbocycles. The van der Waals surface area contributed by atoms with Gasteiger partial charge >= 0.3 is 6.18 Å². The van der Waals surface area contributed by atoms with Crippen LogP contribution in [0.3, 0.4) is 0 Å². The molecule has 0 saturated carbocycles. The lowest BCUT2D eigenvalue weighted by Gasteiger charge is -2.10. The highest BCUT2D eigenvalue weighted by molar-refractivity contribution is 7.99. The Balaban J connectivity index is 2.33. The van der Waals surface area contributed by atoms with Crippen molar-refractivity contribution in [2.24, 2.45) is 0 Å². The van der Waals surface area contributed by atoms with Crippen LogP contribution in [-0.4, -0.2) is 9.97 Å². The molecule has 9 heteroatoms. The molecule has 0 unspecified atom stereocenters. The van der Waals surface area contributed by atoms with Crippen molar-refractivity contribution in [3.8, 4) is 0 Å². The van der Waals surface area contributed by atoms with Crippen molar-refractivity contribution in [1.29, 1.82) is 0 Å². The van der Waals surface area contributed by atoms with Gasteiger partial charge in [0.05, 0.1) is 5.56 Å². The SMILES string of the molecule is Nc1cc(=O)[nH]c(Sc2ccc(C(F)(F)F)cc2N)n1. The molecule has 0 radical (unpaired) electrons. The van der Waals surface area contributed by atoms with Gasteiger partial charge in [-0.3, -0.25) is 4.79 Å². The van der Waals surface area contributed by atoms with Crippen molar-refractivity contribution in [3.05, 3.63) is 40.2 Å². The number of nitrogen functional groups attached to an aromatic ring is 2. The van der Waals surface area contributed by atoms with E-state index in [-0.39, 0.29) is 16.7 Å². The van der Waals surface area contributed by atoms with Crippen LogP contribution in [-0.2, 0) is 6.18 Å². The number of hydrogen-bond acceptors (Lipinski definition) is 5. The highest BCUT2D eigenvalue weighted by Gasteiger charge is 2.30. The summed E-state index contributed by atoms with van der Waals surface area (Å²) in [5.74, 6) is 0.0155. The van der Waals surface area contributed by atoms with Crippen molar-refractivity contribution in [1.82, 2.24) is 9.97 Å². The van der Waals surface area contributed by atoms with E-state index < -0.39 is 17.3 Å². The molecule has 2 aromatic rings. The van der Waals surface area contributed by atoms with E-state index in [1.165, 1.54) is 6.07 Å². The Labute approximate surface area is 115 Å². The Morgan fingerprint density at radius 3 is 2.45 bits per heavy atom. The normalized spacial score (nSPS) is 11.6. The maximum absolute atomic E-state index is 12.5. The first-order valence-electron chi connectivity index (χ1n) is 5.27. The van der Waals surface area contributed by atoms with Crippen molar-refractivity contribution in [2.45, 2.75) is 16.2 Å². The predicted molar refractivity (Wildman–Crippen MR) is 69.2 cm³/mol. The van der Waals surface area contributed by atoms with Crippen LogP contribution in [0.5, 0.6) is 0 Å². The third kappa shape index (κ3) is 3.23. The summed E-state index contributed by atoms with van der Waals surface area (Å²) >= 11 is 0.923. The number of hydrogen-bond donors (Lipinski definition) is 3. The van der Waals surface area contributed by atoms with Crippen LogP contribution in [0.15, 0.2) is 39.1 Å². The molecule has 0 saturated heterocycles. The number of rotatable bonds is 2. The van der Waals surface area contributed by atoms with E-state index in [0.29, 0.717) is 4.90 Å². The monoisotopic (exact) mass is 302 g/mol. The van der Waals surface area contributed by atoms with Gasteiger partial charge in [-0.2, -0.15) is 13.2 Å². The van der Waals surface area contributed by atoms with Gasteiger partial charge in [0.25, 0.3) is 5.56 Å². The van der Waals surface area contributed by atoms with Crippen molar-refractivity contribution < 1.29 is 13.2 Å². The van der Waals surface area contributed by atoms with Crippen LogP contribution in [0.2, 0.25) is 0 Å². The fraction of sp³-hybridized carbons (Fsp3) is 0.0909. The lowest BCUT2D eigenvalue weighted by Crippen LogP contribution is -2.09. The van der Waals surface area contributed by atoms with Crippen LogP contribution in [0, 0.1) is 0 Å². The quantitative estimate of drug-likeness (QED) is 0.583. The molecular weight excluding hydrogens is 293 g/mol. The Hall–Kier alpha value is -2.16. The molecule has 0 fully saturated rings. The molecule has 0 atom stereocenters. The number of anilines is 2. The zero-order valence-corrected chi connectivity index (χ0v) is 10.7. The fourth-order valence-electron chi connectivity index (χ4n) is 1.42. The smallest absolute Gasteiger partial charge is 0.398 e. The number of nitrogens with zero attached hydrogens (tertiary/aromatic N) is 1. The maximum Gasteiger partial charge on any atom is 0.416 e. The number of nitrogens with two attached hydrogens (primary N) is 2. The van der Waals surface area contributed by atoms with Gasteiger partial charge in [-0.15, -0.1) is 0 Å². The molecule has 0 spiro atoms. The zero-order chi connectivity index (χ0) is 14.9. The van der Waals surface area contributed by atoms with Crippen LogP contribution in [0.25, 0.3) is 0 Å². The largest absolute Gasteiger partial charge is 0.416 e. The van der Waals surface area contributed by atoms with Gasteiger partial charge in [0, 0.05) is 16.6 Å². The first-order chi connectivity index (χ1) is 9.25.